The van der Waals surface area contributed by atoms with Crippen molar-refractivity contribution in [3.05, 3.63) is 71.8 Å². The van der Waals surface area contributed by atoms with E-state index in [0.717, 1.165) is 6.04 Å². The topological polar surface area (TPSA) is 8.88 Å². The first-order valence-electron chi connectivity index (χ1n) is 10.1. The van der Waals surface area contributed by atoms with Gasteiger partial charge < -0.3 is 9.80 Å². The van der Waals surface area contributed by atoms with Crippen LogP contribution >= 0.6 is 0 Å². The largest absolute Gasteiger partial charge is 0.335 e. The van der Waals surface area contributed by atoms with Crippen molar-refractivity contribution < 1.29 is 9.80 Å². The minimum atomic E-state index is 0.824. The van der Waals surface area contributed by atoms with Gasteiger partial charge in [0, 0.05) is 24.8 Å². The second-order valence-corrected chi connectivity index (χ2v) is 7.58. The molecule has 0 aromatic heterocycles. The van der Waals surface area contributed by atoms with Crippen LogP contribution in [0, 0.1) is 0 Å². The molecule has 0 bridgehead atoms. The minimum Gasteiger partial charge on any atom is -0.335 e. The second kappa shape index (κ2) is 9.74. The molecule has 2 heteroatoms. The molecule has 2 nitrogen and oxygen atoms in total. The summed E-state index contributed by atoms with van der Waals surface area (Å²) in [5.41, 5.74) is 2.95. The lowest BCUT2D eigenvalue weighted by Crippen LogP contribution is -3.20. The Hall–Kier alpha value is -1.64. The zero-order valence-corrected chi connectivity index (χ0v) is 15.7. The lowest BCUT2D eigenvalue weighted by Gasteiger charge is -2.34. The van der Waals surface area contributed by atoms with E-state index in [0.29, 0.717) is 0 Å². The Kier molecular flexibility index (Phi) is 7.08. The summed E-state index contributed by atoms with van der Waals surface area (Å²) in [7, 11) is 0. The molecule has 1 unspecified atom stereocenters. The molecule has 0 saturated carbocycles. The number of nitrogens with one attached hydrogen (secondary N) is 2. The van der Waals surface area contributed by atoms with Crippen molar-refractivity contribution in [3.8, 4) is 0 Å². The average molecular weight is 339 g/mol. The van der Waals surface area contributed by atoms with Crippen LogP contribution in [0.2, 0.25) is 0 Å². The van der Waals surface area contributed by atoms with Crippen molar-refractivity contribution in [1.29, 1.82) is 0 Å². The molecule has 0 spiro atoms. The summed E-state index contributed by atoms with van der Waals surface area (Å²) in [6.07, 6.45) is 5.26. The maximum Gasteiger partial charge on any atom is 0.103 e. The standard InChI is InChI=1S/C23H32N2/c1-2-16-24-17-14-23(15-18-24)25(20-22-11-7-4-8-12-22)19-13-21-9-5-3-6-10-21/h3-12,23H,2,13-20H2,1H3/p+2. The molecule has 1 aliphatic heterocycles. The van der Waals surface area contributed by atoms with Crippen LogP contribution in [0.4, 0.5) is 0 Å². The smallest absolute Gasteiger partial charge is 0.103 e. The van der Waals surface area contributed by atoms with Gasteiger partial charge in [-0.05, 0) is 12.0 Å². The third-order valence-corrected chi connectivity index (χ3v) is 5.73. The van der Waals surface area contributed by atoms with Crippen LogP contribution in [0.3, 0.4) is 0 Å². The van der Waals surface area contributed by atoms with E-state index < -0.39 is 0 Å². The zero-order chi connectivity index (χ0) is 17.3. The molecular weight excluding hydrogens is 304 g/mol. The molecule has 1 atom stereocenters. The van der Waals surface area contributed by atoms with Crippen molar-refractivity contribution in [2.75, 3.05) is 26.2 Å². The molecule has 1 saturated heterocycles. The van der Waals surface area contributed by atoms with Gasteiger partial charge in [0.1, 0.15) is 6.54 Å². The summed E-state index contributed by atoms with van der Waals surface area (Å²) in [5, 5.41) is 0. The monoisotopic (exact) mass is 338 g/mol. The first kappa shape index (κ1) is 18.2. The van der Waals surface area contributed by atoms with E-state index in [4.69, 9.17) is 0 Å². The van der Waals surface area contributed by atoms with Gasteiger partial charge in [0.25, 0.3) is 0 Å². The first-order valence-corrected chi connectivity index (χ1v) is 10.1. The molecular formula is C23H34N2+2. The van der Waals surface area contributed by atoms with E-state index in [2.05, 4.69) is 67.6 Å². The van der Waals surface area contributed by atoms with Crippen molar-refractivity contribution in [3.63, 3.8) is 0 Å². The molecule has 0 amide bonds. The number of quaternary nitrogens is 2. The normalized spacial score (nSPS) is 21.8. The molecule has 2 aromatic rings. The second-order valence-electron chi connectivity index (χ2n) is 7.58. The summed E-state index contributed by atoms with van der Waals surface area (Å²) >= 11 is 0. The molecule has 25 heavy (non-hydrogen) atoms. The van der Waals surface area contributed by atoms with Crippen molar-refractivity contribution in [1.82, 2.24) is 0 Å². The fraction of sp³-hybridized carbons (Fsp3) is 0.478. The van der Waals surface area contributed by atoms with Crippen LogP contribution in [0.1, 0.15) is 37.3 Å². The molecule has 1 aliphatic rings. The highest BCUT2D eigenvalue weighted by Gasteiger charge is 2.29. The van der Waals surface area contributed by atoms with Gasteiger partial charge in [-0.2, -0.15) is 0 Å². The van der Waals surface area contributed by atoms with Crippen molar-refractivity contribution >= 4 is 0 Å². The third-order valence-electron chi connectivity index (χ3n) is 5.73. The molecule has 134 valence electrons. The maximum absolute atomic E-state index is 2.31. The van der Waals surface area contributed by atoms with Gasteiger partial charge in [-0.1, -0.05) is 67.6 Å². The molecule has 1 heterocycles. The fourth-order valence-corrected chi connectivity index (χ4v) is 4.28. The lowest BCUT2D eigenvalue weighted by atomic mass is 10.0. The van der Waals surface area contributed by atoms with Crippen LogP contribution in [0.5, 0.6) is 0 Å². The summed E-state index contributed by atoms with van der Waals surface area (Å²) in [4.78, 5) is 3.60. The van der Waals surface area contributed by atoms with E-state index in [-0.39, 0.29) is 0 Å². The van der Waals surface area contributed by atoms with Crippen LogP contribution < -0.4 is 9.80 Å². The predicted molar refractivity (Wildman–Crippen MR) is 105 cm³/mol. The first-order chi connectivity index (χ1) is 12.3. The maximum atomic E-state index is 2.31. The van der Waals surface area contributed by atoms with Gasteiger partial charge in [0.2, 0.25) is 0 Å². The van der Waals surface area contributed by atoms with Crippen LogP contribution in [0.25, 0.3) is 0 Å². The Bertz CT molecular complexity index is 588. The highest BCUT2D eigenvalue weighted by Crippen LogP contribution is 2.02. The number of hydrogen-bond acceptors (Lipinski definition) is 0. The number of piperidine rings is 1. The van der Waals surface area contributed by atoms with Gasteiger partial charge in [0.15, 0.2) is 0 Å². The van der Waals surface area contributed by atoms with Gasteiger partial charge in [-0.3, -0.25) is 0 Å². The number of benzene rings is 2. The van der Waals surface area contributed by atoms with E-state index in [1.54, 1.807) is 4.90 Å². The highest BCUT2D eigenvalue weighted by atomic mass is 15.2. The van der Waals surface area contributed by atoms with Crippen molar-refractivity contribution in [2.45, 2.75) is 45.2 Å². The van der Waals surface area contributed by atoms with Crippen LogP contribution in [0.15, 0.2) is 60.7 Å². The number of hydrogen-bond donors (Lipinski definition) is 2. The number of rotatable bonds is 8. The summed E-state index contributed by atoms with van der Waals surface area (Å²) in [6.45, 7) is 8.80. The Balaban J connectivity index is 1.62. The summed E-state index contributed by atoms with van der Waals surface area (Å²) in [5.74, 6) is 0. The summed E-state index contributed by atoms with van der Waals surface area (Å²) < 4.78 is 0. The molecule has 3 rings (SSSR count). The Morgan fingerprint density at radius 3 is 2.08 bits per heavy atom. The van der Waals surface area contributed by atoms with E-state index in [9.17, 15) is 0 Å². The van der Waals surface area contributed by atoms with Gasteiger partial charge in [-0.15, -0.1) is 0 Å². The molecule has 2 N–H and O–H groups in total. The van der Waals surface area contributed by atoms with Crippen LogP contribution in [-0.4, -0.2) is 32.2 Å². The van der Waals surface area contributed by atoms with Crippen LogP contribution in [-0.2, 0) is 13.0 Å². The zero-order valence-electron chi connectivity index (χ0n) is 15.7. The predicted octanol–water partition coefficient (Wildman–Crippen LogP) is 1.77. The van der Waals surface area contributed by atoms with E-state index in [1.165, 1.54) is 69.5 Å². The third kappa shape index (κ3) is 5.69. The minimum absolute atomic E-state index is 0.824. The van der Waals surface area contributed by atoms with Gasteiger partial charge in [-0.25, -0.2) is 0 Å². The van der Waals surface area contributed by atoms with E-state index >= 15 is 0 Å². The SMILES string of the molecule is CCC[NH+]1CCC([NH+](CCc2ccccc2)Cc2ccccc2)CC1. The lowest BCUT2D eigenvalue weighted by molar-refractivity contribution is -0.966. The van der Waals surface area contributed by atoms with Crippen molar-refractivity contribution in [2.24, 2.45) is 0 Å². The Labute approximate surface area is 153 Å². The summed E-state index contributed by atoms with van der Waals surface area (Å²) in [6, 6.07) is 22.9. The quantitative estimate of drug-likeness (QED) is 0.726. The molecule has 2 aromatic carbocycles. The fourth-order valence-electron chi connectivity index (χ4n) is 4.28. The molecule has 0 radical (unpaired) electrons. The average Bonchev–Trinajstić information content (AvgIpc) is 2.68. The Morgan fingerprint density at radius 2 is 1.48 bits per heavy atom. The molecule has 0 aliphatic carbocycles. The van der Waals surface area contributed by atoms with Gasteiger partial charge in [0.05, 0.1) is 32.2 Å². The Morgan fingerprint density at radius 1 is 0.880 bits per heavy atom. The highest BCUT2D eigenvalue weighted by molar-refractivity contribution is 5.15. The molecule has 1 fully saturated rings. The van der Waals surface area contributed by atoms with E-state index in [1.807, 2.05) is 4.90 Å². The number of likely N-dealkylation sites (tertiary alicyclic amines) is 1. The van der Waals surface area contributed by atoms with Gasteiger partial charge >= 0.3 is 0 Å².